The lowest BCUT2D eigenvalue weighted by Crippen LogP contribution is -2.50. The number of nitro groups is 1. The summed E-state index contributed by atoms with van der Waals surface area (Å²) in [6.07, 6.45) is 0.862. The number of hydrogen-bond acceptors (Lipinski definition) is 7. The van der Waals surface area contributed by atoms with Crippen LogP contribution in [0, 0.1) is 10.1 Å². The van der Waals surface area contributed by atoms with E-state index in [1.54, 1.807) is 12.3 Å². The Morgan fingerprint density at radius 2 is 1.57 bits per heavy atom. The predicted molar refractivity (Wildman–Crippen MR) is 143 cm³/mol. The third-order valence-electron chi connectivity index (χ3n) is 6.78. The van der Waals surface area contributed by atoms with E-state index in [1.807, 2.05) is 18.2 Å². The molecule has 8 heteroatoms. The second-order valence-corrected chi connectivity index (χ2v) is 9.30. The standard InChI is InChI=1S/C29H30N4O4/c34-25(21-37-28-19-24(33(35)36)18-27-26(28)12-7-13-30-27)20-31-14-16-32(17-15-31)29(22-8-3-1-4-9-22)23-10-5-2-6-11-23/h1-13,18-19,25,29,34H,14-17,20-21H2. The quantitative estimate of drug-likeness (QED) is 0.272. The van der Waals surface area contributed by atoms with E-state index in [4.69, 9.17) is 4.74 Å². The van der Waals surface area contributed by atoms with Gasteiger partial charge in [0.15, 0.2) is 0 Å². The number of aliphatic hydroxyl groups is 1. The van der Waals surface area contributed by atoms with Gasteiger partial charge in [0.2, 0.25) is 0 Å². The first kappa shape index (κ1) is 24.8. The van der Waals surface area contributed by atoms with Gasteiger partial charge in [-0.25, -0.2) is 0 Å². The summed E-state index contributed by atoms with van der Waals surface area (Å²) in [4.78, 5) is 19.8. The molecule has 1 aromatic heterocycles. The molecule has 1 unspecified atom stereocenters. The molecule has 37 heavy (non-hydrogen) atoms. The molecule has 2 heterocycles. The van der Waals surface area contributed by atoms with Crippen LogP contribution in [0.5, 0.6) is 5.75 Å². The number of fused-ring (bicyclic) bond motifs is 1. The third kappa shape index (κ3) is 5.94. The molecule has 4 aromatic rings. The molecule has 1 N–H and O–H groups in total. The molecule has 190 valence electrons. The molecule has 0 radical (unpaired) electrons. The Kier molecular flexibility index (Phi) is 7.70. The van der Waals surface area contributed by atoms with Crippen LogP contribution in [0.25, 0.3) is 10.9 Å². The SMILES string of the molecule is O=[N+]([O-])c1cc(OCC(O)CN2CCN(C(c3ccccc3)c3ccccc3)CC2)c2cccnc2c1. The first-order chi connectivity index (χ1) is 18.1. The number of non-ortho nitro benzene ring substituents is 1. The first-order valence-electron chi connectivity index (χ1n) is 12.5. The van der Waals surface area contributed by atoms with Crippen molar-refractivity contribution >= 4 is 16.6 Å². The van der Waals surface area contributed by atoms with E-state index < -0.39 is 11.0 Å². The summed E-state index contributed by atoms with van der Waals surface area (Å²) >= 11 is 0. The molecule has 0 spiro atoms. The highest BCUT2D eigenvalue weighted by Crippen LogP contribution is 2.31. The number of β-amino-alcohol motifs (C(OH)–C–C–N with tert-alkyl or cyclic N) is 1. The van der Waals surface area contributed by atoms with E-state index in [1.165, 1.54) is 23.3 Å². The Bertz CT molecular complexity index is 1290. The number of hydrogen-bond donors (Lipinski definition) is 1. The number of nitro benzene ring substituents is 1. The highest BCUT2D eigenvalue weighted by atomic mass is 16.6. The van der Waals surface area contributed by atoms with E-state index in [-0.39, 0.29) is 18.3 Å². The van der Waals surface area contributed by atoms with Crippen LogP contribution in [0.1, 0.15) is 17.2 Å². The van der Waals surface area contributed by atoms with Crippen LogP contribution in [-0.2, 0) is 0 Å². The monoisotopic (exact) mass is 498 g/mol. The van der Waals surface area contributed by atoms with Crippen molar-refractivity contribution in [3.63, 3.8) is 0 Å². The first-order valence-corrected chi connectivity index (χ1v) is 12.5. The topological polar surface area (TPSA) is 92.0 Å². The van der Waals surface area contributed by atoms with Crippen molar-refractivity contribution in [3.8, 4) is 5.75 Å². The fraction of sp³-hybridized carbons (Fsp3) is 0.276. The number of nitrogens with zero attached hydrogens (tertiary/aromatic N) is 4. The smallest absolute Gasteiger partial charge is 0.275 e. The summed E-state index contributed by atoms with van der Waals surface area (Å²) in [5.74, 6) is 0.356. The average Bonchev–Trinajstić information content (AvgIpc) is 2.94. The molecule has 3 aromatic carbocycles. The van der Waals surface area contributed by atoms with Crippen molar-refractivity contribution in [2.24, 2.45) is 0 Å². The summed E-state index contributed by atoms with van der Waals surface area (Å²) in [7, 11) is 0. The molecule has 0 aliphatic carbocycles. The Morgan fingerprint density at radius 3 is 2.19 bits per heavy atom. The van der Waals surface area contributed by atoms with E-state index in [0.717, 1.165) is 26.2 Å². The molecular formula is C29H30N4O4. The van der Waals surface area contributed by atoms with E-state index >= 15 is 0 Å². The number of pyridine rings is 1. The van der Waals surface area contributed by atoms with Crippen molar-refractivity contribution in [3.05, 3.63) is 112 Å². The van der Waals surface area contributed by atoms with Gasteiger partial charge in [-0.1, -0.05) is 60.7 Å². The molecule has 1 aliphatic rings. The van der Waals surface area contributed by atoms with Gasteiger partial charge in [0.05, 0.1) is 22.5 Å². The lowest BCUT2D eigenvalue weighted by atomic mass is 9.96. The second-order valence-electron chi connectivity index (χ2n) is 9.30. The van der Waals surface area contributed by atoms with E-state index in [9.17, 15) is 15.2 Å². The maximum atomic E-state index is 11.3. The number of benzene rings is 3. The molecule has 0 saturated carbocycles. The van der Waals surface area contributed by atoms with Crippen LogP contribution in [-0.4, -0.2) is 70.2 Å². The Balaban J connectivity index is 1.20. The van der Waals surface area contributed by atoms with E-state index in [2.05, 4.69) is 63.3 Å². The average molecular weight is 499 g/mol. The van der Waals surface area contributed by atoms with Crippen molar-refractivity contribution in [2.75, 3.05) is 39.3 Å². The van der Waals surface area contributed by atoms with Crippen LogP contribution in [0.2, 0.25) is 0 Å². The van der Waals surface area contributed by atoms with Gasteiger partial charge >= 0.3 is 0 Å². The van der Waals surface area contributed by atoms with Gasteiger partial charge in [-0.3, -0.25) is 24.9 Å². The van der Waals surface area contributed by atoms with Crippen molar-refractivity contribution in [1.82, 2.24) is 14.8 Å². The minimum Gasteiger partial charge on any atom is -0.490 e. The lowest BCUT2D eigenvalue weighted by molar-refractivity contribution is -0.384. The minimum absolute atomic E-state index is 0.0437. The molecule has 0 amide bonds. The second kappa shape index (κ2) is 11.5. The van der Waals surface area contributed by atoms with Gasteiger partial charge in [-0.2, -0.15) is 0 Å². The Hall–Kier alpha value is -3.85. The summed E-state index contributed by atoms with van der Waals surface area (Å²) in [6.45, 7) is 3.93. The maximum Gasteiger partial charge on any atom is 0.275 e. The number of rotatable bonds is 9. The molecule has 1 atom stereocenters. The number of ether oxygens (including phenoxy) is 1. The highest BCUT2D eigenvalue weighted by Gasteiger charge is 2.27. The molecule has 5 rings (SSSR count). The van der Waals surface area contributed by atoms with Gasteiger partial charge in [-0.15, -0.1) is 0 Å². The maximum absolute atomic E-state index is 11.3. The molecule has 1 aliphatic heterocycles. The molecule has 0 bridgehead atoms. The van der Waals surface area contributed by atoms with Gasteiger partial charge in [0.25, 0.3) is 5.69 Å². The molecule has 1 saturated heterocycles. The van der Waals surface area contributed by atoms with Gasteiger partial charge in [-0.05, 0) is 23.3 Å². The van der Waals surface area contributed by atoms with Crippen LogP contribution in [0.15, 0.2) is 91.1 Å². The fourth-order valence-corrected chi connectivity index (χ4v) is 4.99. The van der Waals surface area contributed by atoms with Crippen LogP contribution in [0.3, 0.4) is 0 Å². The number of piperazine rings is 1. The minimum atomic E-state index is -0.725. The third-order valence-corrected chi connectivity index (χ3v) is 6.78. The zero-order valence-corrected chi connectivity index (χ0v) is 20.5. The van der Waals surface area contributed by atoms with Crippen LogP contribution >= 0.6 is 0 Å². The highest BCUT2D eigenvalue weighted by molar-refractivity contribution is 5.87. The van der Waals surface area contributed by atoms with Crippen molar-refractivity contribution < 1.29 is 14.8 Å². The van der Waals surface area contributed by atoms with Gasteiger partial charge < -0.3 is 9.84 Å². The van der Waals surface area contributed by atoms with Gasteiger partial charge in [0.1, 0.15) is 18.5 Å². The largest absolute Gasteiger partial charge is 0.490 e. The summed E-state index contributed by atoms with van der Waals surface area (Å²) in [6, 6.07) is 27.7. The van der Waals surface area contributed by atoms with Crippen molar-refractivity contribution in [1.29, 1.82) is 0 Å². The zero-order valence-electron chi connectivity index (χ0n) is 20.5. The zero-order chi connectivity index (χ0) is 25.6. The van der Waals surface area contributed by atoms with Gasteiger partial charge in [0, 0.05) is 50.4 Å². The number of aromatic nitrogens is 1. The lowest BCUT2D eigenvalue weighted by Gasteiger charge is -2.40. The van der Waals surface area contributed by atoms with Crippen molar-refractivity contribution in [2.45, 2.75) is 12.1 Å². The molecule has 1 fully saturated rings. The van der Waals surface area contributed by atoms with Crippen LogP contribution in [0.4, 0.5) is 5.69 Å². The normalized spacial score (nSPS) is 15.6. The molecular weight excluding hydrogens is 468 g/mol. The predicted octanol–water partition coefficient (Wildman–Crippen LogP) is 4.29. The van der Waals surface area contributed by atoms with Crippen LogP contribution < -0.4 is 4.74 Å². The summed E-state index contributed by atoms with van der Waals surface area (Å²) < 4.78 is 5.86. The Labute approximate surface area is 215 Å². The van der Waals surface area contributed by atoms with E-state index in [0.29, 0.717) is 23.2 Å². The molecule has 8 nitrogen and oxygen atoms in total. The fourth-order valence-electron chi connectivity index (χ4n) is 4.99. The number of aliphatic hydroxyl groups excluding tert-OH is 1. The summed E-state index contributed by atoms with van der Waals surface area (Å²) in [5.41, 5.74) is 2.95. The Morgan fingerprint density at radius 1 is 0.919 bits per heavy atom. The summed E-state index contributed by atoms with van der Waals surface area (Å²) in [5, 5.41) is 22.7.